The molecule has 0 fully saturated rings. The Morgan fingerprint density at radius 2 is 0.556 bits per heavy atom. The number of rotatable bonds is 7. The van der Waals surface area contributed by atoms with E-state index in [0.717, 1.165) is 44.4 Å². The fraction of sp³-hybridized carbons (Fsp3) is 0. The van der Waals surface area contributed by atoms with E-state index in [1.165, 1.54) is 238 Å². The smallest absolute Gasteiger partial charge is 0.143 e. The molecule has 7 aromatic heterocycles. The fourth-order valence-corrected chi connectivity index (χ4v) is 25.5. The molecule has 0 amide bonds. The molecule has 0 saturated heterocycles. The Kier molecular flexibility index (Phi) is 16.0. The van der Waals surface area contributed by atoms with Gasteiger partial charge in [0.05, 0.1) is 44.1 Å². The third-order valence-corrected chi connectivity index (χ3v) is 31.0. The molecule has 616 valence electrons. The lowest BCUT2D eigenvalue weighted by Crippen LogP contribution is -1.96. The van der Waals surface area contributed by atoms with Crippen molar-refractivity contribution in [2.75, 3.05) is 0 Å². The standard InChI is InChI=1S/C46H28N2O.2C40H23NS/c1-2-14-31(15-3-1)47-41-27-26-37-35-18-6-8-22-40(35)48(45(37)43(41)39-25-24-29-12-4-5-17-33(29)44(39)47)32-16-10-13-30(28-32)34-20-11-21-38-36-19-7-9-23-42(36)49-46(34)38;1-2-13-29-28(12-1)31-16-6-9-24-21-22-35-39(37(24)31)38-32(29)17-8-19-34(38)41(35)26-11-5-10-25(23-26)27-15-7-18-33-30-14-3-4-20-36(30)42-40(27)33;1-2-10-29-28(9-1)31-13-5-8-25-20-23-35-39(37(25)31)38-32(29)14-7-16-34(38)41(35)26-21-18-24(19-22-26)27-12-6-15-33-30-11-3-4-17-36(30)42-40(27)33/h1-28H;2*1-23H. The molecule has 0 spiro atoms. The van der Waals surface area contributed by atoms with Crippen molar-refractivity contribution in [3.05, 3.63) is 449 Å². The summed E-state index contributed by atoms with van der Waals surface area (Å²) in [6, 6.07) is 165. The highest BCUT2D eigenvalue weighted by Gasteiger charge is 2.30. The summed E-state index contributed by atoms with van der Waals surface area (Å²) in [4.78, 5) is 0. The lowest BCUT2D eigenvalue weighted by atomic mass is 9.93. The van der Waals surface area contributed by atoms with Crippen LogP contribution in [0.1, 0.15) is 0 Å². The molecule has 29 aromatic rings. The summed E-state index contributed by atoms with van der Waals surface area (Å²) >= 11 is 3.78. The number of hydrogen-bond donors (Lipinski definition) is 0. The number of fused-ring (bicyclic) bond motifs is 24. The number of hydrogen-bond acceptors (Lipinski definition) is 3. The molecule has 7 heteroatoms. The van der Waals surface area contributed by atoms with E-state index in [0.29, 0.717) is 0 Å². The molecule has 0 radical (unpaired) electrons. The Hall–Kier alpha value is -16.9. The average molecular weight is 1720 g/mol. The first-order chi connectivity index (χ1) is 66.0. The molecule has 133 heavy (non-hydrogen) atoms. The van der Waals surface area contributed by atoms with Crippen LogP contribution in [0.3, 0.4) is 0 Å². The van der Waals surface area contributed by atoms with Gasteiger partial charge < -0.3 is 22.7 Å². The Morgan fingerprint density at radius 1 is 0.173 bits per heavy atom. The highest BCUT2D eigenvalue weighted by molar-refractivity contribution is 7.26. The summed E-state index contributed by atoms with van der Waals surface area (Å²) in [5.41, 5.74) is 34.1. The lowest BCUT2D eigenvalue weighted by Gasteiger charge is -2.14. The molecular formula is C126H74N4OS2. The highest BCUT2D eigenvalue weighted by atomic mass is 32.1. The minimum absolute atomic E-state index is 0.910. The van der Waals surface area contributed by atoms with Crippen molar-refractivity contribution >= 4 is 204 Å². The van der Waals surface area contributed by atoms with Crippen LogP contribution in [-0.4, -0.2) is 18.3 Å². The Morgan fingerprint density at radius 3 is 1.18 bits per heavy atom. The number of aromatic nitrogens is 4. The number of para-hydroxylation sites is 4. The van der Waals surface area contributed by atoms with Gasteiger partial charge in [-0.05, 0) is 202 Å². The predicted molar refractivity (Wildman–Crippen MR) is 567 cm³/mol. The van der Waals surface area contributed by atoms with Crippen LogP contribution in [0.5, 0.6) is 0 Å². The topological polar surface area (TPSA) is 32.9 Å². The number of furan rings is 1. The molecule has 2 aliphatic rings. The van der Waals surface area contributed by atoms with Crippen LogP contribution >= 0.6 is 22.7 Å². The van der Waals surface area contributed by atoms with Crippen LogP contribution in [0.15, 0.2) is 453 Å². The Labute approximate surface area is 770 Å². The molecule has 0 bridgehead atoms. The molecular weight excluding hydrogens is 1650 g/mol. The first-order valence-electron chi connectivity index (χ1n) is 45.7. The van der Waals surface area contributed by atoms with Crippen LogP contribution in [0.25, 0.3) is 282 Å². The second-order valence-electron chi connectivity index (χ2n) is 35.4. The molecule has 0 unspecified atom stereocenters. The molecule has 22 aromatic carbocycles. The summed E-state index contributed by atoms with van der Waals surface area (Å²) in [6.45, 7) is 0. The molecule has 0 N–H and O–H groups in total. The van der Waals surface area contributed by atoms with E-state index in [-0.39, 0.29) is 0 Å². The minimum atomic E-state index is 0.910. The van der Waals surface area contributed by atoms with Gasteiger partial charge in [-0.2, -0.15) is 0 Å². The van der Waals surface area contributed by atoms with Crippen LogP contribution in [0.4, 0.5) is 0 Å². The van der Waals surface area contributed by atoms with Crippen molar-refractivity contribution in [3.63, 3.8) is 0 Å². The normalized spacial score (nSPS) is 12.2. The molecule has 5 nitrogen and oxygen atoms in total. The van der Waals surface area contributed by atoms with Crippen molar-refractivity contribution in [1.82, 2.24) is 18.3 Å². The third kappa shape index (κ3) is 10.9. The van der Waals surface area contributed by atoms with Gasteiger partial charge in [-0.15, -0.1) is 22.7 Å². The monoisotopic (exact) mass is 1720 g/mol. The van der Waals surface area contributed by atoms with E-state index in [1.54, 1.807) is 0 Å². The first-order valence-corrected chi connectivity index (χ1v) is 47.3. The zero-order valence-electron chi connectivity index (χ0n) is 71.7. The van der Waals surface area contributed by atoms with E-state index in [1.807, 2.05) is 34.8 Å². The third-order valence-electron chi connectivity index (χ3n) is 28.6. The molecule has 0 aliphatic heterocycles. The highest BCUT2D eigenvalue weighted by Crippen LogP contribution is 2.55. The Balaban J connectivity index is 0.0000000978. The van der Waals surface area contributed by atoms with Crippen molar-refractivity contribution < 1.29 is 4.42 Å². The molecule has 0 saturated carbocycles. The van der Waals surface area contributed by atoms with Gasteiger partial charge in [0, 0.05) is 128 Å². The largest absolute Gasteiger partial charge is 0.455 e. The molecule has 0 atom stereocenters. The summed E-state index contributed by atoms with van der Waals surface area (Å²) in [5, 5.41) is 25.8. The van der Waals surface area contributed by atoms with Gasteiger partial charge in [-0.1, -0.05) is 346 Å². The summed E-state index contributed by atoms with van der Waals surface area (Å²) in [7, 11) is 0. The number of benzene rings is 22. The second-order valence-corrected chi connectivity index (χ2v) is 37.5. The lowest BCUT2D eigenvalue weighted by molar-refractivity contribution is 0.670. The van der Waals surface area contributed by atoms with Crippen molar-refractivity contribution in [2.45, 2.75) is 0 Å². The Bertz CT molecular complexity index is 10100. The zero-order chi connectivity index (χ0) is 86.8. The minimum Gasteiger partial charge on any atom is -0.455 e. The summed E-state index contributed by atoms with van der Waals surface area (Å²) in [6.07, 6.45) is 0. The maximum Gasteiger partial charge on any atom is 0.143 e. The van der Waals surface area contributed by atoms with E-state index in [2.05, 4.69) is 455 Å². The summed E-state index contributed by atoms with van der Waals surface area (Å²) in [5.74, 6) is 0. The van der Waals surface area contributed by atoms with Crippen LogP contribution < -0.4 is 0 Å². The predicted octanol–water partition coefficient (Wildman–Crippen LogP) is 35.8. The van der Waals surface area contributed by atoms with Crippen LogP contribution in [-0.2, 0) is 0 Å². The SMILES string of the molecule is c1cc(-c2cccc3c2sc2ccccc23)cc(-n2c3cccc4c3c3c5c(cccc5ccc32)-c2ccccc2-4)c1.c1ccc(-n2c3ccc4c5ccccc5n(-c5cccc(-c6cccc7c6oc6ccccc67)c5)c4c3c3ccc4ccccc4c32)cc1.c1ccc2c(c1)-c1cccc3ccc4c(c13)c1c-2cccc1n4-c1ccc(-c2cccc3c2sc2ccccc23)cc1. The van der Waals surface area contributed by atoms with E-state index in [4.69, 9.17) is 4.42 Å². The maximum atomic E-state index is 6.49. The van der Waals surface area contributed by atoms with Gasteiger partial charge in [0.2, 0.25) is 0 Å². The number of thiophene rings is 2. The van der Waals surface area contributed by atoms with Gasteiger partial charge in [-0.3, -0.25) is 0 Å². The van der Waals surface area contributed by atoms with E-state index >= 15 is 0 Å². The van der Waals surface area contributed by atoms with Crippen molar-refractivity contribution in [1.29, 1.82) is 0 Å². The van der Waals surface area contributed by atoms with Crippen molar-refractivity contribution in [2.24, 2.45) is 0 Å². The molecule has 31 rings (SSSR count). The van der Waals surface area contributed by atoms with Gasteiger partial charge in [0.1, 0.15) is 11.2 Å². The quantitative estimate of drug-likeness (QED) is 0.157. The number of nitrogens with zero attached hydrogens (tertiary/aromatic N) is 4. The van der Waals surface area contributed by atoms with Gasteiger partial charge >= 0.3 is 0 Å². The van der Waals surface area contributed by atoms with Gasteiger partial charge in [-0.25, -0.2) is 0 Å². The zero-order valence-corrected chi connectivity index (χ0v) is 73.4. The second kappa shape index (κ2) is 28.8. The average Bonchev–Trinajstić information content (AvgIpc) is 1.54. The summed E-state index contributed by atoms with van der Waals surface area (Å²) < 4.78 is 21.7. The molecule has 7 heterocycles. The maximum absolute atomic E-state index is 6.49. The fourth-order valence-electron chi connectivity index (χ4n) is 23.0. The van der Waals surface area contributed by atoms with Crippen molar-refractivity contribution in [3.8, 4) is 101 Å². The van der Waals surface area contributed by atoms with E-state index in [9.17, 15) is 0 Å². The van der Waals surface area contributed by atoms with E-state index < -0.39 is 0 Å². The van der Waals surface area contributed by atoms with Gasteiger partial charge in [0.25, 0.3) is 0 Å². The van der Waals surface area contributed by atoms with Crippen LogP contribution in [0, 0.1) is 0 Å². The molecule has 2 aliphatic carbocycles. The van der Waals surface area contributed by atoms with Gasteiger partial charge in [0.15, 0.2) is 0 Å². The van der Waals surface area contributed by atoms with Crippen LogP contribution in [0.2, 0.25) is 0 Å². The first kappa shape index (κ1) is 74.0.